The molecule has 0 aliphatic heterocycles. The van der Waals surface area contributed by atoms with E-state index in [1.807, 2.05) is 0 Å². The maximum absolute atomic E-state index is 13.4. The molecular weight excluding hydrogens is 328 g/mol. The van der Waals surface area contributed by atoms with E-state index in [0.717, 1.165) is 12.1 Å². The van der Waals surface area contributed by atoms with Crippen molar-refractivity contribution in [1.29, 1.82) is 0 Å². The lowest BCUT2D eigenvalue weighted by Crippen LogP contribution is -2.27. The summed E-state index contributed by atoms with van der Waals surface area (Å²) in [4.78, 5) is 11.6. The fraction of sp³-hybridized carbons (Fsp3) is 0.364. The highest BCUT2D eigenvalue weighted by Crippen LogP contribution is 2.19. The highest BCUT2D eigenvalue weighted by atomic mass is 79.9. The average molecular weight is 340 g/mol. The summed E-state index contributed by atoms with van der Waals surface area (Å²) in [6.07, 6.45) is 2.05. The van der Waals surface area contributed by atoms with Crippen molar-refractivity contribution in [2.75, 3.05) is 18.6 Å². The van der Waals surface area contributed by atoms with Crippen LogP contribution in [0, 0.1) is 11.6 Å². The van der Waals surface area contributed by atoms with Gasteiger partial charge in [0.05, 0.1) is 0 Å². The van der Waals surface area contributed by atoms with Crippen LogP contribution in [0.15, 0.2) is 16.6 Å². The molecule has 0 fully saturated rings. The Morgan fingerprint density at radius 3 is 2.44 bits per heavy atom. The zero-order valence-corrected chi connectivity index (χ0v) is 12.0. The number of carbonyl (C=O) groups is 1. The monoisotopic (exact) mass is 339 g/mol. The van der Waals surface area contributed by atoms with Crippen LogP contribution in [0.3, 0.4) is 0 Å². The van der Waals surface area contributed by atoms with Crippen LogP contribution < -0.4 is 5.32 Å². The zero-order chi connectivity index (χ0) is 13.7. The van der Waals surface area contributed by atoms with Gasteiger partial charge in [0.1, 0.15) is 17.2 Å². The molecule has 1 N–H and O–H groups in total. The lowest BCUT2D eigenvalue weighted by Gasteiger charge is -2.07. The van der Waals surface area contributed by atoms with E-state index >= 15 is 0 Å². The number of rotatable bonds is 5. The first-order valence-corrected chi connectivity index (χ1v) is 7.66. The lowest BCUT2D eigenvalue weighted by atomic mass is 10.2. The third kappa shape index (κ3) is 4.45. The average Bonchev–Trinajstić information content (AvgIpc) is 2.22. The predicted octanol–water partition coefficient (Wildman–Crippen LogP) is 2.23. The SMILES string of the molecule is C[S@@](=O)CCCNC(=O)c1c(F)cc(Br)cc1F. The molecule has 7 heteroatoms. The number of hydrogen-bond acceptors (Lipinski definition) is 2. The summed E-state index contributed by atoms with van der Waals surface area (Å²) in [5.74, 6) is -2.21. The lowest BCUT2D eigenvalue weighted by molar-refractivity contribution is 0.0945. The molecule has 0 aromatic heterocycles. The second kappa shape index (κ2) is 6.94. The minimum atomic E-state index is -0.942. The van der Waals surface area contributed by atoms with Gasteiger partial charge in [-0.25, -0.2) is 8.78 Å². The highest BCUT2D eigenvalue weighted by Gasteiger charge is 2.17. The van der Waals surface area contributed by atoms with E-state index in [4.69, 9.17) is 0 Å². The molecule has 3 nitrogen and oxygen atoms in total. The van der Waals surface area contributed by atoms with Gasteiger partial charge >= 0.3 is 0 Å². The molecule has 0 saturated carbocycles. The Kier molecular flexibility index (Phi) is 5.87. The second-order valence-corrected chi connectivity index (χ2v) is 6.10. The summed E-state index contributed by atoms with van der Waals surface area (Å²) in [5.41, 5.74) is -0.601. The standard InChI is InChI=1S/C11H12BrF2NO2S/c1-18(17)4-2-3-15-11(16)10-8(13)5-7(12)6-9(10)14/h5-6H,2-4H2,1H3,(H,15,16)/t18-/m1/s1. The molecule has 100 valence electrons. The Labute approximate surface area is 115 Å². The second-order valence-electron chi connectivity index (χ2n) is 3.63. The van der Waals surface area contributed by atoms with Gasteiger partial charge in [-0.2, -0.15) is 0 Å². The Bertz CT molecular complexity index is 459. The number of benzene rings is 1. The van der Waals surface area contributed by atoms with Gasteiger partial charge in [-0.1, -0.05) is 15.9 Å². The molecule has 0 spiro atoms. The van der Waals surface area contributed by atoms with E-state index in [0.29, 0.717) is 12.2 Å². The van der Waals surface area contributed by atoms with Gasteiger partial charge in [0.25, 0.3) is 5.91 Å². The Morgan fingerprint density at radius 1 is 1.39 bits per heavy atom. The zero-order valence-electron chi connectivity index (χ0n) is 9.63. The molecule has 0 heterocycles. The molecule has 0 aliphatic carbocycles. The van der Waals surface area contributed by atoms with Gasteiger partial charge in [0.15, 0.2) is 0 Å². The first kappa shape index (κ1) is 15.2. The number of carbonyl (C=O) groups excluding carboxylic acids is 1. The van der Waals surface area contributed by atoms with Crippen LogP contribution in [0.4, 0.5) is 8.78 Å². The molecule has 1 atom stereocenters. The smallest absolute Gasteiger partial charge is 0.257 e. The number of amides is 1. The van der Waals surface area contributed by atoms with E-state index in [-0.39, 0.29) is 11.0 Å². The maximum Gasteiger partial charge on any atom is 0.257 e. The summed E-state index contributed by atoms with van der Waals surface area (Å²) in [6.45, 7) is 0.230. The topological polar surface area (TPSA) is 46.2 Å². The van der Waals surface area contributed by atoms with Crippen LogP contribution in [-0.4, -0.2) is 28.7 Å². The van der Waals surface area contributed by atoms with Crippen molar-refractivity contribution in [3.05, 3.63) is 33.8 Å². The van der Waals surface area contributed by atoms with Crippen LogP contribution in [0.5, 0.6) is 0 Å². The Balaban J connectivity index is 2.65. The van der Waals surface area contributed by atoms with Crippen LogP contribution in [0.1, 0.15) is 16.8 Å². The Morgan fingerprint density at radius 2 is 1.94 bits per heavy atom. The fourth-order valence-electron chi connectivity index (χ4n) is 1.32. The fourth-order valence-corrected chi connectivity index (χ4v) is 2.28. The van der Waals surface area contributed by atoms with Crippen LogP contribution in [0.2, 0.25) is 0 Å². The Hall–Kier alpha value is -0.820. The van der Waals surface area contributed by atoms with Gasteiger partial charge in [-0.3, -0.25) is 9.00 Å². The summed E-state index contributed by atoms with van der Waals surface area (Å²) in [5, 5.41) is 2.39. The maximum atomic E-state index is 13.4. The molecule has 0 radical (unpaired) electrons. The molecule has 1 rings (SSSR count). The summed E-state index contributed by atoms with van der Waals surface area (Å²) >= 11 is 2.93. The molecule has 0 aliphatic rings. The molecule has 18 heavy (non-hydrogen) atoms. The van der Waals surface area contributed by atoms with Crippen molar-refractivity contribution in [2.24, 2.45) is 0 Å². The molecular formula is C11H12BrF2NO2S. The van der Waals surface area contributed by atoms with Crippen LogP contribution in [0.25, 0.3) is 0 Å². The molecule has 1 aromatic carbocycles. The number of halogens is 3. The van der Waals surface area contributed by atoms with E-state index in [1.54, 1.807) is 6.26 Å². The molecule has 1 aromatic rings. The quantitative estimate of drug-likeness (QED) is 0.836. The summed E-state index contributed by atoms with van der Waals surface area (Å²) in [6, 6.07) is 2.05. The summed E-state index contributed by atoms with van der Waals surface area (Å²) < 4.78 is 37.8. The van der Waals surface area contributed by atoms with Crippen molar-refractivity contribution < 1.29 is 17.8 Å². The van der Waals surface area contributed by atoms with E-state index in [1.165, 1.54) is 0 Å². The van der Waals surface area contributed by atoms with Gasteiger partial charge < -0.3 is 5.32 Å². The van der Waals surface area contributed by atoms with Crippen molar-refractivity contribution in [3.63, 3.8) is 0 Å². The van der Waals surface area contributed by atoms with Crippen molar-refractivity contribution in [1.82, 2.24) is 5.32 Å². The number of hydrogen-bond donors (Lipinski definition) is 1. The van der Waals surface area contributed by atoms with Gasteiger partial charge in [-0.15, -0.1) is 0 Å². The summed E-state index contributed by atoms with van der Waals surface area (Å²) in [7, 11) is -0.942. The number of nitrogens with one attached hydrogen (secondary N) is 1. The van der Waals surface area contributed by atoms with E-state index in [9.17, 15) is 17.8 Å². The van der Waals surface area contributed by atoms with E-state index < -0.39 is 33.9 Å². The molecule has 0 bridgehead atoms. The third-order valence-corrected chi connectivity index (χ3v) is 3.45. The molecule has 0 saturated heterocycles. The van der Waals surface area contributed by atoms with Gasteiger partial charge in [0, 0.05) is 33.8 Å². The van der Waals surface area contributed by atoms with Crippen LogP contribution in [-0.2, 0) is 10.8 Å². The minimum absolute atomic E-state index is 0.230. The third-order valence-electron chi connectivity index (χ3n) is 2.13. The first-order chi connectivity index (χ1) is 8.41. The predicted molar refractivity (Wildman–Crippen MR) is 69.9 cm³/mol. The van der Waals surface area contributed by atoms with Gasteiger partial charge in [-0.05, 0) is 18.6 Å². The molecule has 1 amide bonds. The van der Waals surface area contributed by atoms with E-state index in [2.05, 4.69) is 21.2 Å². The minimum Gasteiger partial charge on any atom is -0.352 e. The van der Waals surface area contributed by atoms with Crippen LogP contribution >= 0.6 is 15.9 Å². The normalized spacial score (nSPS) is 12.2. The van der Waals surface area contributed by atoms with Crippen molar-refractivity contribution in [3.8, 4) is 0 Å². The molecule has 0 unspecified atom stereocenters. The first-order valence-electron chi connectivity index (χ1n) is 5.14. The van der Waals surface area contributed by atoms with Crippen molar-refractivity contribution in [2.45, 2.75) is 6.42 Å². The van der Waals surface area contributed by atoms with Crippen molar-refractivity contribution >= 4 is 32.6 Å². The largest absolute Gasteiger partial charge is 0.352 e. The highest BCUT2D eigenvalue weighted by molar-refractivity contribution is 9.10. The van der Waals surface area contributed by atoms with Gasteiger partial charge in [0.2, 0.25) is 0 Å².